The fourth-order valence-corrected chi connectivity index (χ4v) is 3.69. The highest BCUT2D eigenvalue weighted by Gasteiger charge is 2.14. The van der Waals surface area contributed by atoms with Gasteiger partial charge in [0.05, 0.1) is 23.0 Å². The van der Waals surface area contributed by atoms with Crippen LogP contribution in [-0.4, -0.2) is 25.3 Å². The summed E-state index contributed by atoms with van der Waals surface area (Å²) in [6.45, 7) is 4.08. The Labute approximate surface area is 190 Å². The minimum atomic E-state index is -0.424. The lowest BCUT2D eigenvalue weighted by Gasteiger charge is -2.17. The molecule has 0 fully saturated rings. The number of fused-ring (bicyclic) bond motifs is 1. The fraction of sp³-hybridized carbons (Fsp3) is 0.238. The number of methoxy groups -OCH3 is 1. The number of nitrogens with one attached hydrogen (secondary N) is 1. The van der Waals surface area contributed by atoms with E-state index in [1.165, 1.54) is 0 Å². The van der Waals surface area contributed by atoms with Crippen LogP contribution in [0.4, 0.5) is 0 Å². The highest BCUT2D eigenvalue weighted by molar-refractivity contribution is 14.1. The van der Waals surface area contributed by atoms with Gasteiger partial charge in [-0.3, -0.25) is 4.79 Å². The maximum atomic E-state index is 12.3. The van der Waals surface area contributed by atoms with Crippen molar-refractivity contribution < 1.29 is 18.7 Å². The van der Waals surface area contributed by atoms with Crippen LogP contribution in [0.2, 0.25) is 0 Å². The van der Waals surface area contributed by atoms with E-state index in [9.17, 15) is 4.79 Å². The third-order valence-electron chi connectivity index (χ3n) is 4.23. The van der Waals surface area contributed by atoms with Crippen molar-refractivity contribution in [2.45, 2.75) is 26.4 Å². The summed E-state index contributed by atoms with van der Waals surface area (Å²) in [6, 6.07) is 10.9. The van der Waals surface area contributed by atoms with Crippen LogP contribution in [0.1, 0.15) is 36.4 Å². The van der Waals surface area contributed by atoms with Crippen LogP contribution in [0.25, 0.3) is 11.0 Å². The zero-order valence-corrected chi connectivity index (χ0v) is 19.9. The zero-order chi connectivity index (χ0) is 21.0. The van der Waals surface area contributed by atoms with Gasteiger partial charge < -0.3 is 13.9 Å². The molecule has 1 amide bonds. The Balaban J connectivity index is 1.73. The van der Waals surface area contributed by atoms with E-state index in [1.54, 1.807) is 25.5 Å². The SMILES string of the molecule is CC[C@H](C)Oc1c(I)cc(/C=N/NC(=O)c2cc3cc(Br)ccc3o2)cc1OC. The second kappa shape index (κ2) is 9.62. The van der Waals surface area contributed by atoms with E-state index in [0.29, 0.717) is 17.1 Å². The first-order chi connectivity index (χ1) is 13.9. The molecule has 152 valence electrons. The van der Waals surface area contributed by atoms with Gasteiger partial charge in [-0.15, -0.1) is 0 Å². The average molecular weight is 571 g/mol. The molecule has 6 nitrogen and oxygen atoms in total. The molecular formula is C21H20BrIN2O4. The molecule has 1 atom stereocenters. The van der Waals surface area contributed by atoms with Gasteiger partial charge in [-0.1, -0.05) is 22.9 Å². The van der Waals surface area contributed by atoms with E-state index < -0.39 is 5.91 Å². The van der Waals surface area contributed by atoms with Crippen molar-refractivity contribution in [3.63, 3.8) is 0 Å². The molecule has 0 saturated heterocycles. The Morgan fingerprint density at radius 2 is 2.14 bits per heavy atom. The first-order valence-electron chi connectivity index (χ1n) is 8.98. The topological polar surface area (TPSA) is 73.1 Å². The number of ether oxygens (including phenoxy) is 2. The predicted molar refractivity (Wildman–Crippen MR) is 125 cm³/mol. The summed E-state index contributed by atoms with van der Waals surface area (Å²) in [4.78, 5) is 12.3. The summed E-state index contributed by atoms with van der Waals surface area (Å²) in [7, 11) is 1.59. The molecule has 29 heavy (non-hydrogen) atoms. The van der Waals surface area contributed by atoms with Gasteiger partial charge >= 0.3 is 5.91 Å². The Bertz CT molecular complexity index is 1060. The second-order valence-corrected chi connectivity index (χ2v) is 8.44. The van der Waals surface area contributed by atoms with Crippen LogP contribution in [0.5, 0.6) is 11.5 Å². The molecule has 1 N–H and O–H groups in total. The van der Waals surface area contributed by atoms with Crippen LogP contribution in [0, 0.1) is 3.57 Å². The number of halogens is 2. The van der Waals surface area contributed by atoms with Gasteiger partial charge in [0.2, 0.25) is 0 Å². The average Bonchev–Trinajstić information content (AvgIpc) is 3.12. The quantitative estimate of drug-likeness (QED) is 0.223. The number of carbonyl (C=O) groups is 1. The third kappa shape index (κ3) is 5.30. The molecule has 1 heterocycles. The summed E-state index contributed by atoms with van der Waals surface area (Å²) in [5, 5.41) is 4.87. The lowest BCUT2D eigenvalue weighted by molar-refractivity contribution is 0.0929. The lowest BCUT2D eigenvalue weighted by atomic mass is 10.2. The number of furan rings is 1. The highest BCUT2D eigenvalue weighted by atomic mass is 127. The number of amides is 1. The molecule has 3 rings (SSSR count). The summed E-state index contributed by atoms with van der Waals surface area (Å²) >= 11 is 5.60. The van der Waals surface area contributed by atoms with Gasteiger partial charge in [-0.05, 0) is 77.9 Å². The van der Waals surface area contributed by atoms with Crippen molar-refractivity contribution in [1.82, 2.24) is 5.43 Å². The molecule has 0 radical (unpaired) electrons. The number of rotatable bonds is 7. The van der Waals surface area contributed by atoms with Crippen LogP contribution < -0.4 is 14.9 Å². The van der Waals surface area contributed by atoms with E-state index in [2.05, 4.69) is 56.0 Å². The predicted octanol–water partition coefficient (Wildman–Crippen LogP) is 5.75. The lowest BCUT2D eigenvalue weighted by Crippen LogP contribution is -2.16. The molecule has 2 aromatic carbocycles. The van der Waals surface area contributed by atoms with Gasteiger partial charge in [-0.25, -0.2) is 5.43 Å². The molecule has 0 saturated carbocycles. The van der Waals surface area contributed by atoms with Crippen LogP contribution in [0.3, 0.4) is 0 Å². The van der Waals surface area contributed by atoms with Gasteiger partial charge in [0.15, 0.2) is 17.3 Å². The number of hydrazone groups is 1. The summed E-state index contributed by atoms with van der Waals surface area (Å²) in [6.07, 6.45) is 2.53. The van der Waals surface area contributed by atoms with E-state index in [1.807, 2.05) is 31.2 Å². The van der Waals surface area contributed by atoms with Gasteiger partial charge in [0.1, 0.15) is 5.58 Å². The van der Waals surface area contributed by atoms with Gasteiger partial charge in [0, 0.05) is 9.86 Å². The summed E-state index contributed by atoms with van der Waals surface area (Å²) < 4.78 is 18.8. The number of benzene rings is 2. The molecule has 0 spiro atoms. The summed E-state index contributed by atoms with van der Waals surface area (Å²) in [5.41, 5.74) is 3.90. The Kier molecular flexibility index (Phi) is 7.18. The minimum absolute atomic E-state index is 0.0839. The standard InChI is InChI=1S/C21H20BrIN2O4/c1-4-12(2)28-20-16(23)7-13(8-18(20)27-3)11-24-25-21(26)19-10-14-9-15(22)5-6-17(14)29-19/h5-12H,4H2,1-3H3,(H,25,26)/b24-11+/t12-/m0/s1. The highest BCUT2D eigenvalue weighted by Crippen LogP contribution is 2.34. The monoisotopic (exact) mass is 570 g/mol. The Hall–Kier alpha value is -2.07. The smallest absolute Gasteiger partial charge is 0.307 e. The Morgan fingerprint density at radius 3 is 2.86 bits per heavy atom. The van der Waals surface area contributed by atoms with E-state index in [0.717, 1.165) is 25.4 Å². The second-order valence-electron chi connectivity index (χ2n) is 6.36. The van der Waals surface area contributed by atoms with Crippen molar-refractivity contribution in [1.29, 1.82) is 0 Å². The van der Waals surface area contributed by atoms with Gasteiger partial charge in [0.25, 0.3) is 0 Å². The molecule has 0 aliphatic heterocycles. The minimum Gasteiger partial charge on any atom is -0.493 e. The maximum Gasteiger partial charge on any atom is 0.307 e. The molecule has 0 unspecified atom stereocenters. The van der Waals surface area contributed by atoms with Crippen LogP contribution in [-0.2, 0) is 0 Å². The molecular weight excluding hydrogens is 551 g/mol. The summed E-state index contributed by atoms with van der Waals surface area (Å²) in [5.74, 6) is 1.09. The van der Waals surface area contributed by atoms with Crippen molar-refractivity contribution in [2.24, 2.45) is 5.10 Å². The van der Waals surface area contributed by atoms with Crippen molar-refractivity contribution in [3.8, 4) is 11.5 Å². The molecule has 1 aromatic heterocycles. The number of hydrogen-bond acceptors (Lipinski definition) is 5. The van der Waals surface area contributed by atoms with Crippen molar-refractivity contribution in [2.75, 3.05) is 7.11 Å². The first-order valence-corrected chi connectivity index (χ1v) is 10.8. The van der Waals surface area contributed by atoms with E-state index in [-0.39, 0.29) is 11.9 Å². The third-order valence-corrected chi connectivity index (χ3v) is 5.52. The molecule has 8 heteroatoms. The van der Waals surface area contributed by atoms with E-state index in [4.69, 9.17) is 13.9 Å². The normalized spacial score (nSPS) is 12.3. The fourth-order valence-electron chi connectivity index (χ4n) is 2.56. The molecule has 3 aromatic rings. The van der Waals surface area contributed by atoms with E-state index >= 15 is 0 Å². The number of carbonyl (C=O) groups excluding carboxylic acids is 1. The largest absolute Gasteiger partial charge is 0.493 e. The van der Waals surface area contributed by atoms with Crippen LogP contribution >= 0.6 is 38.5 Å². The number of nitrogens with zero attached hydrogens (tertiary/aromatic N) is 1. The maximum absolute atomic E-state index is 12.3. The molecule has 0 bridgehead atoms. The van der Waals surface area contributed by atoms with Crippen LogP contribution in [0.15, 0.2) is 50.4 Å². The van der Waals surface area contributed by atoms with Crippen molar-refractivity contribution >= 4 is 61.6 Å². The van der Waals surface area contributed by atoms with Gasteiger partial charge in [-0.2, -0.15) is 5.10 Å². The first kappa shape index (κ1) is 21.6. The van der Waals surface area contributed by atoms with Crippen molar-refractivity contribution in [3.05, 3.63) is 55.8 Å². The number of hydrogen-bond donors (Lipinski definition) is 1. The molecule has 0 aliphatic carbocycles. The Morgan fingerprint density at radius 1 is 1.34 bits per heavy atom. The zero-order valence-electron chi connectivity index (χ0n) is 16.2. The molecule has 0 aliphatic rings.